The largest absolute Gasteiger partial charge is 0.393 e. The van der Waals surface area contributed by atoms with Crippen LogP contribution in [-0.2, 0) is 0 Å². The third kappa shape index (κ3) is 6.11. The lowest BCUT2D eigenvalue weighted by Crippen LogP contribution is -2.10. The molecule has 0 aromatic carbocycles. The van der Waals surface area contributed by atoms with E-state index in [1.807, 2.05) is 20.3 Å². The zero-order chi connectivity index (χ0) is 10.8. The lowest BCUT2D eigenvalue weighted by molar-refractivity contribution is 0.800. The van der Waals surface area contributed by atoms with Crippen molar-refractivity contribution in [3.05, 3.63) is 22.8 Å². The molecule has 0 bridgehead atoms. The summed E-state index contributed by atoms with van der Waals surface area (Å²) in [4.78, 5) is 1.28. The van der Waals surface area contributed by atoms with Gasteiger partial charge in [0.05, 0.1) is 0 Å². The predicted molar refractivity (Wildman–Crippen MR) is 67.6 cm³/mol. The summed E-state index contributed by atoms with van der Waals surface area (Å²) in [6, 6.07) is 0. The summed E-state index contributed by atoms with van der Waals surface area (Å²) in [6.45, 7) is 3.19. The van der Waals surface area contributed by atoms with Gasteiger partial charge in [-0.3, -0.25) is 0 Å². The van der Waals surface area contributed by atoms with Crippen LogP contribution in [0.2, 0.25) is 0 Å². The van der Waals surface area contributed by atoms with Gasteiger partial charge in [0, 0.05) is 24.7 Å². The van der Waals surface area contributed by atoms with Crippen LogP contribution < -0.4 is 10.6 Å². The minimum Gasteiger partial charge on any atom is -0.393 e. The van der Waals surface area contributed by atoms with Crippen LogP contribution in [-0.4, -0.2) is 26.9 Å². The van der Waals surface area contributed by atoms with E-state index in [0.29, 0.717) is 0 Å². The molecule has 0 fully saturated rings. The average molecular weight is 214 g/mol. The summed E-state index contributed by atoms with van der Waals surface area (Å²) in [5.41, 5.74) is 1.46. The van der Waals surface area contributed by atoms with Gasteiger partial charge in [-0.15, -0.1) is 11.8 Å². The van der Waals surface area contributed by atoms with Crippen molar-refractivity contribution in [2.45, 2.75) is 19.8 Å². The minimum absolute atomic E-state index is 0.982. The molecule has 0 atom stereocenters. The van der Waals surface area contributed by atoms with Crippen LogP contribution in [0.1, 0.15) is 19.8 Å². The Balaban J connectivity index is 4.42. The molecule has 14 heavy (non-hydrogen) atoms. The zero-order valence-corrected chi connectivity index (χ0v) is 10.5. The SMILES string of the molecule is CCC/C(=C/C(=C\NC)SC)CNC. The highest BCUT2D eigenvalue weighted by atomic mass is 32.2. The second-order valence-corrected chi connectivity index (χ2v) is 4.00. The molecule has 0 aromatic rings. The summed E-state index contributed by atoms with van der Waals surface area (Å²) >= 11 is 1.77. The fraction of sp³-hybridized carbons (Fsp3) is 0.636. The Labute approximate surface area is 92.2 Å². The van der Waals surface area contributed by atoms with Crippen LogP contribution in [0.5, 0.6) is 0 Å². The van der Waals surface area contributed by atoms with Gasteiger partial charge in [0.15, 0.2) is 0 Å². The quantitative estimate of drug-likeness (QED) is 0.636. The molecule has 0 aliphatic carbocycles. The van der Waals surface area contributed by atoms with E-state index in [0.717, 1.165) is 6.54 Å². The Morgan fingerprint density at radius 2 is 2.07 bits per heavy atom. The summed E-state index contributed by atoms with van der Waals surface area (Å²) in [6.07, 6.45) is 8.77. The number of likely N-dealkylation sites (N-methyl/N-ethyl adjacent to an activating group) is 1. The molecule has 0 radical (unpaired) electrons. The topological polar surface area (TPSA) is 24.1 Å². The van der Waals surface area contributed by atoms with E-state index < -0.39 is 0 Å². The van der Waals surface area contributed by atoms with E-state index in [1.165, 1.54) is 23.3 Å². The lowest BCUT2D eigenvalue weighted by atomic mass is 10.1. The smallest absolute Gasteiger partial charge is 0.0226 e. The molecule has 2 nitrogen and oxygen atoms in total. The van der Waals surface area contributed by atoms with Crippen LogP contribution >= 0.6 is 11.8 Å². The lowest BCUT2D eigenvalue weighted by Gasteiger charge is -2.06. The normalized spacial score (nSPS) is 13.1. The highest BCUT2D eigenvalue weighted by Gasteiger charge is 1.96. The van der Waals surface area contributed by atoms with Crippen molar-refractivity contribution in [1.29, 1.82) is 0 Å². The second kappa shape index (κ2) is 9.16. The number of hydrogen-bond acceptors (Lipinski definition) is 3. The molecule has 3 heteroatoms. The van der Waals surface area contributed by atoms with E-state index in [2.05, 4.69) is 29.9 Å². The van der Waals surface area contributed by atoms with Crippen molar-refractivity contribution in [2.75, 3.05) is 26.9 Å². The fourth-order valence-corrected chi connectivity index (χ4v) is 1.78. The fourth-order valence-electron chi connectivity index (χ4n) is 1.26. The van der Waals surface area contributed by atoms with Gasteiger partial charge in [-0.2, -0.15) is 0 Å². The molecule has 0 amide bonds. The monoisotopic (exact) mass is 214 g/mol. The maximum absolute atomic E-state index is 3.20. The molecule has 0 saturated heterocycles. The summed E-state index contributed by atoms with van der Waals surface area (Å²) in [7, 11) is 3.92. The molecule has 0 spiro atoms. The molecule has 0 unspecified atom stereocenters. The van der Waals surface area contributed by atoms with Crippen LogP contribution in [0.4, 0.5) is 0 Å². The summed E-state index contributed by atoms with van der Waals surface area (Å²) < 4.78 is 0. The van der Waals surface area contributed by atoms with Crippen LogP contribution in [0, 0.1) is 0 Å². The van der Waals surface area contributed by atoms with Crippen LogP contribution in [0.25, 0.3) is 0 Å². The molecule has 82 valence electrons. The second-order valence-electron chi connectivity index (χ2n) is 3.12. The first-order chi connectivity index (χ1) is 6.78. The maximum Gasteiger partial charge on any atom is 0.0226 e. The molecular weight excluding hydrogens is 192 g/mol. The standard InChI is InChI=1S/C11H22N2S/c1-5-6-10(8-12-2)7-11(14-4)9-13-3/h7,9,12-13H,5-6,8H2,1-4H3/b10-7-,11-9+. The van der Waals surface area contributed by atoms with Crippen molar-refractivity contribution in [3.8, 4) is 0 Å². The van der Waals surface area contributed by atoms with E-state index in [4.69, 9.17) is 0 Å². The summed E-state index contributed by atoms with van der Waals surface area (Å²) in [5.74, 6) is 0. The van der Waals surface area contributed by atoms with E-state index in [9.17, 15) is 0 Å². The van der Waals surface area contributed by atoms with Gasteiger partial charge in [-0.1, -0.05) is 18.9 Å². The van der Waals surface area contributed by atoms with Crippen molar-refractivity contribution in [1.82, 2.24) is 10.6 Å². The number of hydrogen-bond donors (Lipinski definition) is 2. The van der Waals surface area contributed by atoms with Gasteiger partial charge in [0.2, 0.25) is 0 Å². The Morgan fingerprint density at radius 3 is 2.50 bits per heavy atom. The van der Waals surface area contributed by atoms with E-state index in [-0.39, 0.29) is 0 Å². The van der Waals surface area contributed by atoms with Crippen molar-refractivity contribution in [3.63, 3.8) is 0 Å². The third-order valence-electron chi connectivity index (χ3n) is 1.84. The van der Waals surface area contributed by atoms with Crippen molar-refractivity contribution in [2.24, 2.45) is 0 Å². The van der Waals surface area contributed by atoms with E-state index in [1.54, 1.807) is 11.8 Å². The Morgan fingerprint density at radius 1 is 1.36 bits per heavy atom. The molecule has 0 aliphatic rings. The first-order valence-corrected chi connectivity index (χ1v) is 6.26. The molecule has 0 aliphatic heterocycles. The highest BCUT2D eigenvalue weighted by Crippen LogP contribution is 2.16. The average Bonchev–Trinajstić information content (AvgIpc) is 2.18. The molecule has 0 rings (SSSR count). The van der Waals surface area contributed by atoms with Gasteiger partial charge in [0.25, 0.3) is 0 Å². The molecule has 0 saturated carbocycles. The third-order valence-corrected chi connectivity index (χ3v) is 2.55. The molecule has 0 aromatic heterocycles. The minimum atomic E-state index is 0.982. The van der Waals surface area contributed by atoms with Gasteiger partial charge in [-0.05, 0) is 25.8 Å². The van der Waals surface area contributed by atoms with Crippen LogP contribution in [0.3, 0.4) is 0 Å². The van der Waals surface area contributed by atoms with Gasteiger partial charge in [0.1, 0.15) is 0 Å². The highest BCUT2D eigenvalue weighted by molar-refractivity contribution is 8.02. The zero-order valence-electron chi connectivity index (χ0n) is 9.68. The molecule has 0 heterocycles. The first kappa shape index (κ1) is 13.6. The first-order valence-electron chi connectivity index (χ1n) is 5.03. The van der Waals surface area contributed by atoms with Gasteiger partial charge in [-0.25, -0.2) is 0 Å². The predicted octanol–water partition coefficient (Wildman–Crippen LogP) is 2.36. The Hall–Kier alpha value is -0.410. The van der Waals surface area contributed by atoms with Gasteiger partial charge >= 0.3 is 0 Å². The molecular formula is C11H22N2S. The van der Waals surface area contributed by atoms with Crippen LogP contribution in [0.15, 0.2) is 22.8 Å². The molecule has 2 N–H and O–H groups in total. The maximum atomic E-state index is 3.20. The van der Waals surface area contributed by atoms with Crippen molar-refractivity contribution < 1.29 is 0 Å². The Bertz CT molecular complexity index is 189. The summed E-state index contributed by atoms with van der Waals surface area (Å²) in [5, 5.41) is 6.26. The number of allylic oxidation sites excluding steroid dienone is 1. The number of nitrogens with one attached hydrogen (secondary N) is 2. The number of thioether (sulfide) groups is 1. The van der Waals surface area contributed by atoms with Crippen molar-refractivity contribution >= 4 is 11.8 Å². The van der Waals surface area contributed by atoms with Gasteiger partial charge < -0.3 is 10.6 Å². The van der Waals surface area contributed by atoms with E-state index >= 15 is 0 Å². The number of rotatable bonds is 7. The Kier molecular flexibility index (Phi) is 8.89.